The van der Waals surface area contributed by atoms with Crippen LogP contribution in [0.4, 0.5) is 18.9 Å². The molecule has 1 aliphatic carbocycles. The Morgan fingerprint density at radius 3 is 2.46 bits per heavy atom. The van der Waals surface area contributed by atoms with Gasteiger partial charge in [-0.1, -0.05) is 61.3 Å². The van der Waals surface area contributed by atoms with E-state index < -0.39 is 11.7 Å². The van der Waals surface area contributed by atoms with E-state index in [1.54, 1.807) is 10.2 Å². The summed E-state index contributed by atoms with van der Waals surface area (Å²) in [6.45, 7) is 1.54. The first-order valence-electron chi connectivity index (χ1n) is 11.8. The van der Waals surface area contributed by atoms with Crippen LogP contribution in [0.2, 0.25) is 0 Å². The summed E-state index contributed by atoms with van der Waals surface area (Å²) in [5, 5.41) is 0. The van der Waals surface area contributed by atoms with Crippen LogP contribution in [-0.2, 0) is 12.6 Å². The number of benzene rings is 3. The largest absolute Gasteiger partial charge is 0.416 e. The predicted molar refractivity (Wildman–Crippen MR) is 136 cm³/mol. The number of piperidine rings is 1. The lowest BCUT2D eigenvalue weighted by Gasteiger charge is -2.35. The van der Waals surface area contributed by atoms with Crippen molar-refractivity contribution in [3.05, 3.63) is 95.3 Å². The van der Waals surface area contributed by atoms with Crippen molar-refractivity contribution in [1.29, 1.82) is 0 Å². The highest BCUT2D eigenvalue weighted by Crippen LogP contribution is 2.46. The van der Waals surface area contributed by atoms with Crippen molar-refractivity contribution in [2.45, 2.75) is 31.4 Å². The molecule has 4 aromatic rings. The van der Waals surface area contributed by atoms with Gasteiger partial charge in [0.15, 0.2) is 5.82 Å². The number of hydrogen-bond acceptors (Lipinski definition) is 3. The summed E-state index contributed by atoms with van der Waals surface area (Å²) < 4.78 is 41.4. The van der Waals surface area contributed by atoms with Crippen LogP contribution < -0.4 is 4.90 Å². The zero-order valence-corrected chi connectivity index (χ0v) is 19.9. The fourth-order valence-corrected chi connectivity index (χ4v) is 5.82. The molecule has 6 rings (SSSR count). The van der Waals surface area contributed by atoms with E-state index in [0.29, 0.717) is 0 Å². The van der Waals surface area contributed by atoms with E-state index >= 15 is 0 Å². The zero-order chi connectivity index (χ0) is 24.2. The van der Waals surface area contributed by atoms with Gasteiger partial charge in [0.05, 0.1) is 5.56 Å². The number of halogens is 3. The lowest BCUT2D eigenvalue weighted by Crippen LogP contribution is -2.33. The Morgan fingerprint density at radius 1 is 0.914 bits per heavy atom. The standard InChI is InChI=1S/C28H24F3N3S/c29-28(30,31)21-6-3-5-19(16-21)18-10-13-33(14-11-18)25-9-8-23-22-7-2-1-4-20(22)17-24(23)26(25)27-32-12-15-34(27)35/h1-9,12,15-16,18,35H,10-11,13-14,17H2. The van der Waals surface area contributed by atoms with Crippen LogP contribution in [0.25, 0.3) is 22.5 Å². The van der Waals surface area contributed by atoms with Crippen molar-refractivity contribution in [2.75, 3.05) is 18.0 Å². The van der Waals surface area contributed by atoms with Crippen molar-refractivity contribution in [2.24, 2.45) is 0 Å². The molecule has 0 radical (unpaired) electrons. The lowest BCUT2D eigenvalue weighted by atomic mass is 9.87. The Hall–Kier alpha value is -3.19. The highest BCUT2D eigenvalue weighted by molar-refractivity contribution is 7.78. The topological polar surface area (TPSA) is 21.1 Å². The summed E-state index contributed by atoms with van der Waals surface area (Å²) in [7, 11) is 0. The molecule has 0 unspecified atom stereocenters. The maximum atomic E-state index is 13.2. The van der Waals surface area contributed by atoms with E-state index in [9.17, 15) is 13.2 Å². The van der Waals surface area contributed by atoms with Gasteiger partial charge in [0.1, 0.15) is 0 Å². The Morgan fingerprint density at radius 2 is 1.71 bits per heavy atom. The van der Waals surface area contributed by atoms with Crippen LogP contribution in [0, 0.1) is 0 Å². The van der Waals surface area contributed by atoms with Crippen LogP contribution in [0.15, 0.2) is 73.1 Å². The van der Waals surface area contributed by atoms with Gasteiger partial charge in [0, 0.05) is 36.7 Å². The maximum Gasteiger partial charge on any atom is 0.416 e. The van der Waals surface area contributed by atoms with Crippen LogP contribution >= 0.6 is 12.8 Å². The molecule has 0 N–H and O–H groups in total. The first-order chi connectivity index (χ1) is 16.9. The van der Waals surface area contributed by atoms with E-state index in [2.05, 4.69) is 59.1 Å². The number of imidazole rings is 1. The number of thiol groups is 1. The molecule has 1 aromatic heterocycles. The number of fused-ring (bicyclic) bond motifs is 3. The smallest absolute Gasteiger partial charge is 0.371 e. The number of anilines is 1. The van der Waals surface area contributed by atoms with Gasteiger partial charge in [0.25, 0.3) is 0 Å². The maximum absolute atomic E-state index is 13.2. The van der Waals surface area contributed by atoms with Gasteiger partial charge in [-0.05, 0) is 65.1 Å². The molecule has 7 heteroatoms. The summed E-state index contributed by atoms with van der Waals surface area (Å²) in [4.78, 5) is 6.98. The van der Waals surface area contributed by atoms with Crippen molar-refractivity contribution >= 4 is 18.5 Å². The summed E-state index contributed by atoms with van der Waals surface area (Å²) in [5.41, 5.74) is 7.46. The van der Waals surface area contributed by atoms with Gasteiger partial charge >= 0.3 is 6.18 Å². The molecule has 2 heterocycles. The molecule has 3 aromatic carbocycles. The minimum atomic E-state index is -4.32. The second-order valence-corrected chi connectivity index (χ2v) is 9.73. The van der Waals surface area contributed by atoms with Gasteiger partial charge in [-0.2, -0.15) is 13.2 Å². The van der Waals surface area contributed by atoms with E-state index in [1.807, 2.05) is 12.3 Å². The molecule has 0 spiro atoms. The fraction of sp³-hybridized carbons (Fsp3) is 0.250. The predicted octanol–water partition coefficient (Wildman–Crippen LogP) is 7.22. The second kappa shape index (κ2) is 8.48. The highest BCUT2D eigenvalue weighted by Gasteiger charge is 2.32. The first-order valence-corrected chi connectivity index (χ1v) is 12.2. The minimum Gasteiger partial charge on any atom is -0.371 e. The highest BCUT2D eigenvalue weighted by atomic mass is 32.1. The molecular formula is C28H24F3N3S. The van der Waals surface area contributed by atoms with Crippen LogP contribution in [0.3, 0.4) is 0 Å². The van der Waals surface area contributed by atoms with Crippen LogP contribution in [0.5, 0.6) is 0 Å². The Bertz CT molecular complexity index is 1400. The Kier molecular flexibility index (Phi) is 5.40. The summed E-state index contributed by atoms with van der Waals surface area (Å²) in [6, 6.07) is 18.7. The molecule has 1 saturated heterocycles. The molecule has 0 amide bonds. The van der Waals surface area contributed by atoms with E-state index in [4.69, 9.17) is 0 Å². The molecule has 1 aliphatic heterocycles. The third-order valence-electron chi connectivity index (χ3n) is 7.33. The second-order valence-electron chi connectivity index (χ2n) is 9.30. The molecule has 0 bridgehead atoms. The molecule has 0 saturated carbocycles. The summed E-state index contributed by atoms with van der Waals surface area (Å²) >= 11 is 4.61. The van der Waals surface area contributed by atoms with E-state index in [0.717, 1.165) is 61.1 Å². The summed E-state index contributed by atoms with van der Waals surface area (Å²) in [5.74, 6) is 0.926. The SMILES string of the molecule is FC(F)(F)c1cccc(C2CCN(c3ccc4c(c3-c3nccn3S)Cc3ccccc3-4)CC2)c1. The number of hydrogen-bond donors (Lipinski definition) is 1. The number of alkyl halides is 3. The third kappa shape index (κ3) is 3.92. The van der Waals surface area contributed by atoms with Crippen molar-refractivity contribution in [1.82, 2.24) is 8.96 Å². The Balaban J connectivity index is 1.33. The van der Waals surface area contributed by atoms with Crippen LogP contribution in [0.1, 0.15) is 41.0 Å². The van der Waals surface area contributed by atoms with Crippen molar-refractivity contribution in [3.63, 3.8) is 0 Å². The van der Waals surface area contributed by atoms with Crippen molar-refractivity contribution < 1.29 is 13.2 Å². The zero-order valence-electron chi connectivity index (χ0n) is 19.0. The van der Waals surface area contributed by atoms with Crippen LogP contribution in [-0.4, -0.2) is 22.0 Å². The normalized spacial score (nSPS) is 15.8. The molecule has 178 valence electrons. The number of rotatable bonds is 3. The first kappa shape index (κ1) is 22.3. The Labute approximate surface area is 207 Å². The summed E-state index contributed by atoms with van der Waals surface area (Å²) in [6.07, 6.45) is 1.72. The average Bonchev–Trinajstić information content (AvgIpc) is 3.46. The van der Waals surface area contributed by atoms with Gasteiger partial charge < -0.3 is 4.90 Å². The third-order valence-corrected chi connectivity index (χ3v) is 7.65. The molecule has 3 nitrogen and oxygen atoms in total. The van der Waals surface area contributed by atoms with Gasteiger partial charge in [-0.3, -0.25) is 3.97 Å². The van der Waals surface area contributed by atoms with Gasteiger partial charge in [-0.25, -0.2) is 4.98 Å². The number of aromatic nitrogens is 2. The molecule has 35 heavy (non-hydrogen) atoms. The fourth-order valence-electron chi connectivity index (χ4n) is 5.61. The van der Waals surface area contributed by atoms with Crippen molar-refractivity contribution in [3.8, 4) is 22.5 Å². The number of nitrogens with zero attached hydrogens (tertiary/aromatic N) is 3. The minimum absolute atomic E-state index is 0.113. The lowest BCUT2D eigenvalue weighted by molar-refractivity contribution is -0.137. The monoisotopic (exact) mass is 491 g/mol. The molecule has 1 fully saturated rings. The molecule has 0 atom stereocenters. The quantitative estimate of drug-likeness (QED) is 0.269. The molecule has 2 aliphatic rings. The van der Waals surface area contributed by atoms with Gasteiger partial charge in [-0.15, -0.1) is 0 Å². The average molecular weight is 492 g/mol. The van der Waals surface area contributed by atoms with Gasteiger partial charge in [0.2, 0.25) is 0 Å². The van der Waals surface area contributed by atoms with E-state index in [1.165, 1.54) is 34.4 Å². The van der Waals surface area contributed by atoms with E-state index in [-0.39, 0.29) is 5.92 Å². The molecular weight excluding hydrogens is 467 g/mol.